The van der Waals surface area contributed by atoms with Gasteiger partial charge in [0.2, 0.25) is 0 Å². The largest absolute Gasteiger partial charge is 0.351 e. The topological polar surface area (TPSA) is 24.4 Å². The summed E-state index contributed by atoms with van der Waals surface area (Å²) in [4.78, 5) is 5.46. The highest BCUT2D eigenvalue weighted by molar-refractivity contribution is 7.82. The van der Waals surface area contributed by atoms with E-state index in [1.54, 1.807) is 6.07 Å². The van der Waals surface area contributed by atoms with Crippen LogP contribution < -0.4 is 5.32 Å². The normalized spacial score (nSPS) is 30.3. The molecule has 0 atom stereocenters. The van der Waals surface area contributed by atoms with E-state index in [-0.39, 0.29) is 11.5 Å². The molecular formula is C15H17FN2S. The molecule has 1 heterocycles. The fourth-order valence-electron chi connectivity index (χ4n) is 2.87. The van der Waals surface area contributed by atoms with Crippen LogP contribution in [0.25, 0.3) is 0 Å². The molecule has 0 amide bonds. The van der Waals surface area contributed by atoms with Crippen LogP contribution in [0.15, 0.2) is 29.3 Å². The number of hydrogen-bond donors (Lipinski definition) is 1. The van der Waals surface area contributed by atoms with Crippen molar-refractivity contribution >= 4 is 22.9 Å². The minimum atomic E-state index is -0.249. The molecule has 100 valence electrons. The van der Waals surface area contributed by atoms with E-state index in [0.717, 1.165) is 42.9 Å². The van der Waals surface area contributed by atoms with Crippen LogP contribution in [0.3, 0.4) is 0 Å². The van der Waals surface area contributed by atoms with Crippen molar-refractivity contribution in [1.29, 1.82) is 0 Å². The maximum Gasteiger partial charge on any atom is 0.131 e. The molecule has 0 saturated heterocycles. The summed E-state index contributed by atoms with van der Waals surface area (Å²) in [5, 5.41) is 3.36. The summed E-state index contributed by atoms with van der Waals surface area (Å²) in [6.07, 6.45) is 4.34. The van der Waals surface area contributed by atoms with Crippen LogP contribution in [-0.2, 0) is 0 Å². The van der Waals surface area contributed by atoms with Crippen molar-refractivity contribution in [2.75, 3.05) is 0 Å². The average Bonchev–Trinajstić information content (AvgIpc) is 2.71. The van der Waals surface area contributed by atoms with Gasteiger partial charge >= 0.3 is 0 Å². The van der Waals surface area contributed by atoms with Crippen molar-refractivity contribution in [1.82, 2.24) is 5.32 Å². The first-order valence-corrected chi connectivity index (χ1v) is 7.17. The van der Waals surface area contributed by atoms with Gasteiger partial charge in [0, 0.05) is 5.56 Å². The van der Waals surface area contributed by atoms with Gasteiger partial charge in [-0.3, -0.25) is 4.99 Å². The van der Waals surface area contributed by atoms with Crippen LogP contribution in [0.4, 0.5) is 4.39 Å². The van der Waals surface area contributed by atoms with Gasteiger partial charge in [-0.2, -0.15) is 0 Å². The fourth-order valence-corrected chi connectivity index (χ4v) is 3.22. The first kappa shape index (κ1) is 12.7. The molecule has 0 unspecified atom stereocenters. The highest BCUT2D eigenvalue weighted by Gasteiger charge is 2.39. The van der Waals surface area contributed by atoms with Crippen LogP contribution in [-0.4, -0.2) is 16.4 Å². The van der Waals surface area contributed by atoms with Crippen LogP contribution in [0, 0.1) is 11.7 Å². The first-order valence-electron chi connectivity index (χ1n) is 6.76. The lowest BCUT2D eigenvalue weighted by Gasteiger charge is -2.33. The summed E-state index contributed by atoms with van der Waals surface area (Å²) < 4.78 is 13.3. The quantitative estimate of drug-likeness (QED) is 0.794. The number of aliphatic imine (C=N–C) groups is 1. The average molecular weight is 276 g/mol. The second-order valence-electron chi connectivity index (χ2n) is 5.64. The Bertz CT molecular complexity index is 545. The Hall–Kier alpha value is -1.29. The summed E-state index contributed by atoms with van der Waals surface area (Å²) in [6.45, 7) is 2.28. The Morgan fingerprint density at radius 2 is 2.11 bits per heavy atom. The number of nitrogens with zero attached hydrogens (tertiary/aromatic N) is 1. The van der Waals surface area contributed by atoms with E-state index in [4.69, 9.17) is 17.2 Å². The third-order valence-corrected chi connectivity index (χ3v) is 4.38. The highest BCUT2D eigenvalue weighted by Crippen LogP contribution is 2.36. The van der Waals surface area contributed by atoms with E-state index >= 15 is 0 Å². The third-order valence-electron chi connectivity index (χ3n) is 4.09. The molecule has 4 heteroatoms. The Labute approximate surface area is 118 Å². The van der Waals surface area contributed by atoms with Crippen molar-refractivity contribution in [3.63, 3.8) is 0 Å². The number of rotatable bonds is 1. The van der Waals surface area contributed by atoms with Crippen molar-refractivity contribution in [3.8, 4) is 0 Å². The zero-order valence-corrected chi connectivity index (χ0v) is 11.8. The molecule has 1 aromatic carbocycles. The van der Waals surface area contributed by atoms with E-state index in [1.807, 2.05) is 6.07 Å². The van der Waals surface area contributed by atoms with Crippen molar-refractivity contribution in [2.24, 2.45) is 10.9 Å². The van der Waals surface area contributed by atoms with Crippen LogP contribution in [0.2, 0.25) is 0 Å². The first-order chi connectivity index (χ1) is 9.08. The fraction of sp³-hybridized carbons (Fsp3) is 0.467. The van der Waals surface area contributed by atoms with Gasteiger partial charge in [-0.1, -0.05) is 31.3 Å². The Balaban J connectivity index is 1.92. The van der Waals surface area contributed by atoms with Gasteiger partial charge in [-0.25, -0.2) is 4.39 Å². The summed E-state index contributed by atoms with van der Waals surface area (Å²) in [6, 6.07) is 6.49. The Morgan fingerprint density at radius 3 is 2.79 bits per heavy atom. The lowest BCUT2D eigenvalue weighted by atomic mass is 9.83. The number of benzene rings is 1. The molecule has 1 saturated carbocycles. The molecule has 3 rings (SSSR count). The van der Waals surface area contributed by atoms with E-state index in [0.29, 0.717) is 4.99 Å². The van der Waals surface area contributed by atoms with Crippen LogP contribution in [0.5, 0.6) is 0 Å². The second kappa shape index (κ2) is 4.67. The predicted octanol–water partition coefficient (Wildman–Crippen LogP) is 3.45. The summed E-state index contributed by atoms with van der Waals surface area (Å²) >= 11 is 5.38. The molecule has 2 nitrogen and oxygen atoms in total. The minimum Gasteiger partial charge on any atom is -0.351 e. The zero-order chi connectivity index (χ0) is 13.5. The molecule has 2 aliphatic rings. The van der Waals surface area contributed by atoms with Crippen molar-refractivity contribution < 1.29 is 4.39 Å². The Kier molecular flexibility index (Phi) is 3.13. The maximum absolute atomic E-state index is 13.3. The predicted molar refractivity (Wildman–Crippen MR) is 79.0 cm³/mol. The van der Waals surface area contributed by atoms with E-state index in [9.17, 15) is 4.39 Å². The van der Waals surface area contributed by atoms with E-state index in [2.05, 4.69) is 12.2 Å². The highest BCUT2D eigenvalue weighted by atomic mass is 32.1. The van der Waals surface area contributed by atoms with Gasteiger partial charge in [0.1, 0.15) is 22.2 Å². The van der Waals surface area contributed by atoms with E-state index < -0.39 is 0 Å². The molecule has 0 radical (unpaired) electrons. The zero-order valence-electron chi connectivity index (χ0n) is 10.9. The number of thiocarbonyl (C=S) groups is 1. The summed E-state index contributed by atoms with van der Waals surface area (Å²) in [5.74, 6) is 0.510. The van der Waals surface area contributed by atoms with Gasteiger partial charge in [-0.15, -0.1) is 0 Å². The van der Waals surface area contributed by atoms with Gasteiger partial charge < -0.3 is 5.32 Å². The minimum absolute atomic E-state index is 0.231. The van der Waals surface area contributed by atoms with E-state index in [1.165, 1.54) is 12.1 Å². The third kappa shape index (κ3) is 2.41. The van der Waals surface area contributed by atoms with Gasteiger partial charge in [0.25, 0.3) is 0 Å². The summed E-state index contributed by atoms with van der Waals surface area (Å²) in [7, 11) is 0. The molecule has 1 N–H and O–H groups in total. The molecule has 0 aromatic heterocycles. The number of hydrogen-bond acceptors (Lipinski definition) is 2. The van der Waals surface area contributed by atoms with Crippen molar-refractivity contribution in [2.45, 2.75) is 38.3 Å². The maximum atomic E-state index is 13.3. The number of nitrogens with one attached hydrogen (secondary N) is 1. The number of halogens is 1. The molecule has 1 aliphatic heterocycles. The van der Waals surface area contributed by atoms with Crippen LogP contribution in [0.1, 0.15) is 38.2 Å². The molecule has 1 aromatic rings. The van der Waals surface area contributed by atoms with Gasteiger partial charge in [0.15, 0.2) is 0 Å². The molecule has 1 aliphatic carbocycles. The second-order valence-corrected chi connectivity index (χ2v) is 6.05. The van der Waals surface area contributed by atoms with Gasteiger partial charge in [-0.05, 0) is 43.7 Å². The smallest absolute Gasteiger partial charge is 0.131 e. The molecule has 19 heavy (non-hydrogen) atoms. The van der Waals surface area contributed by atoms with Crippen molar-refractivity contribution in [3.05, 3.63) is 35.6 Å². The molecule has 0 bridgehead atoms. The van der Waals surface area contributed by atoms with Crippen LogP contribution >= 0.6 is 12.2 Å². The monoisotopic (exact) mass is 276 g/mol. The molecule has 1 spiro atoms. The molecular weight excluding hydrogens is 259 g/mol. The molecule has 1 fully saturated rings. The Morgan fingerprint density at radius 1 is 1.37 bits per heavy atom. The summed E-state index contributed by atoms with van der Waals surface area (Å²) in [5.41, 5.74) is 1.28. The standard InChI is InChI=1S/C15H17FN2S/c1-10-5-7-15(8-6-10)17-13(14(19)18-15)11-3-2-4-12(16)9-11/h2-4,9-10H,5-8H2,1H3,(H,18,19). The lowest BCUT2D eigenvalue weighted by Crippen LogP contribution is -2.44. The lowest BCUT2D eigenvalue weighted by molar-refractivity contribution is 0.237. The SMILES string of the molecule is CC1CCC2(CC1)N=C(c1cccc(F)c1)C(=S)N2. The van der Waals surface area contributed by atoms with Gasteiger partial charge in [0.05, 0.1) is 0 Å².